The topological polar surface area (TPSA) is 84.5 Å². The fourth-order valence-electron chi connectivity index (χ4n) is 1.78. The Labute approximate surface area is 145 Å². The van der Waals surface area contributed by atoms with Gasteiger partial charge in [-0.15, -0.1) is 0 Å². The minimum atomic E-state index is -3.39. The Bertz CT molecular complexity index is 790. The van der Waals surface area contributed by atoms with Crippen LogP contribution in [-0.2, 0) is 21.4 Å². The minimum Gasteiger partial charge on any atom is -0.489 e. The van der Waals surface area contributed by atoms with Gasteiger partial charge in [-0.3, -0.25) is 4.79 Å². The van der Waals surface area contributed by atoms with Crippen molar-refractivity contribution >= 4 is 33.2 Å². The van der Waals surface area contributed by atoms with Gasteiger partial charge < -0.3 is 10.1 Å². The molecule has 0 aliphatic rings. The summed E-state index contributed by atoms with van der Waals surface area (Å²) in [6.45, 7) is 0.0921. The summed E-state index contributed by atoms with van der Waals surface area (Å²) >= 11 is 5.82. The van der Waals surface area contributed by atoms with E-state index >= 15 is 0 Å². The van der Waals surface area contributed by atoms with Gasteiger partial charge in [-0.25, -0.2) is 13.1 Å². The molecule has 128 valence electrons. The van der Waals surface area contributed by atoms with Gasteiger partial charge in [-0.2, -0.15) is 0 Å². The number of hydrogen-bond donors (Lipinski definition) is 2. The third kappa shape index (κ3) is 6.57. The van der Waals surface area contributed by atoms with Gasteiger partial charge in [0.05, 0.1) is 12.8 Å². The molecule has 0 radical (unpaired) electrons. The van der Waals surface area contributed by atoms with E-state index in [9.17, 15) is 13.2 Å². The first-order valence-corrected chi connectivity index (χ1v) is 9.30. The summed E-state index contributed by atoms with van der Waals surface area (Å²) in [5.41, 5.74) is 1.54. The number of carbonyl (C=O) groups excluding carboxylic acids is 1. The highest BCUT2D eigenvalue weighted by molar-refractivity contribution is 7.88. The van der Waals surface area contributed by atoms with Crippen molar-refractivity contribution in [1.82, 2.24) is 4.72 Å². The number of sulfonamides is 1. The van der Waals surface area contributed by atoms with Crippen molar-refractivity contribution in [2.75, 3.05) is 18.1 Å². The smallest absolute Gasteiger partial charge is 0.239 e. The number of amides is 1. The first-order valence-electron chi connectivity index (χ1n) is 7.04. The van der Waals surface area contributed by atoms with Gasteiger partial charge in [0, 0.05) is 10.7 Å². The van der Waals surface area contributed by atoms with Crippen molar-refractivity contribution < 1.29 is 17.9 Å². The highest BCUT2D eigenvalue weighted by Crippen LogP contribution is 2.17. The summed E-state index contributed by atoms with van der Waals surface area (Å²) < 4.78 is 29.6. The van der Waals surface area contributed by atoms with Gasteiger partial charge in [0.2, 0.25) is 15.9 Å². The molecular weight excluding hydrogens is 352 g/mol. The highest BCUT2D eigenvalue weighted by Gasteiger charge is 2.06. The summed E-state index contributed by atoms with van der Waals surface area (Å²) in [5, 5.41) is 3.26. The number of ether oxygens (including phenoxy) is 1. The summed E-state index contributed by atoms with van der Waals surface area (Å²) in [6.07, 6.45) is 0.993. The van der Waals surface area contributed by atoms with Crippen LogP contribution in [0.2, 0.25) is 5.02 Å². The maximum atomic E-state index is 11.6. The Kier molecular flexibility index (Phi) is 6.19. The van der Waals surface area contributed by atoms with E-state index in [2.05, 4.69) is 10.0 Å². The lowest BCUT2D eigenvalue weighted by Crippen LogP contribution is -2.32. The first kappa shape index (κ1) is 18.3. The lowest BCUT2D eigenvalue weighted by atomic mass is 10.2. The lowest BCUT2D eigenvalue weighted by Gasteiger charge is -2.09. The molecule has 2 aromatic carbocycles. The Morgan fingerprint density at radius 3 is 2.29 bits per heavy atom. The zero-order valence-electron chi connectivity index (χ0n) is 13.0. The van der Waals surface area contributed by atoms with Crippen molar-refractivity contribution in [2.24, 2.45) is 0 Å². The molecule has 0 fully saturated rings. The van der Waals surface area contributed by atoms with Gasteiger partial charge in [0.1, 0.15) is 12.4 Å². The second-order valence-corrected chi connectivity index (χ2v) is 7.35. The molecule has 0 unspecified atom stereocenters. The lowest BCUT2D eigenvalue weighted by molar-refractivity contribution is -0.115. The van der Waals surface area contributed by atoms with E-state index in [0.717, 1.165) is 11.8 Å². The SMILES string of the molecule is CS(=O)(=O)NCC(=O)Nc1ccc(OCc2ccc(Cl)cc2)cc1. The van der Waals surface area contributed by atoms with Crippen molar-refractivity contribution in [3.05, 3.63) is 59.1 Å². The van der Waals surface area contributed by atoms with Crippen LogP contribution in [0.25, 0.3) is 0 Å². The molecule has 6 nitrogen and oxygen atoms in total. The van der Waals surface area contributed by atoms with Crippen molar-refractivity contribution in [2.45, 2.75) is 6.61 Å². The molecular formula is C16H17ClN2O4S. The fourth-order valence-corrected chi connectivity index (χ4v) is 2.30. The van der Waals surface area contributed by atoms with Crippen LogP contribution in [0, 0.1) is 0 Å². The van der Waals surface area contributed by atoms with Gasteiger partial charge in [0.15, 0.2) is 0 Å². The predicted molar refractivity (Wildman–Crippen MR) is 93.7 cm³/mol. The van der Waals surface area contributed by atoms with E-state index in [-0.39, 0.29) is 6.54 Å². The third-order valence-corrected chi connectivity index (χ3v) is 3.87. The molecule has 0 spiro atoms. The fraction of sp³-hybridized carbons (Fsp3) is 0.188. The van der Waals surface area contributed by atoms with E-state index in [1.165, 1.54) is 0 Å². The maximum absolute atomic E-state index is 11.6. The number of benzene rings is 2. The van der Waals surface area contributed by atoms with E-state index in [4.69, 9.17) is 16.3 Å². The number of halogens is 1. The molecule has 2 rings (SSSR count). The number of anilines is 1. The average Bonchev–Trinajstić information content (AvgIpc) is 2.53. The van der Waals surface area contributed by atoms with Crippen LogP contribution in [0.1, 0.15) is 5.56 Å². The molecule has 0 aromatic heterocycles. The quantitative estimate of drug-likeness (QED) is 0.786. The van der Waals surface area contributed by atoms with Crippen LogP contribution < -0.4 is 14.8 Å². The largest absolute Gasteiger partial charge is 0.489 e. The van der Waals surface area contributed by atoms with Gasteiger partial charge >= 0.3 is 0 Å². The molecule has 0 bridgehead atoms. The summed E-state index contributed by atoms with van der Waals surface area (Å²) in [6, 6.07) is 14.1. The summed E-state index contributed by atoms with van der Waals surface area (Å²) in [4.78, 5) is 11.6. The monoisotopic (exact) mass is 368 g/mol. The van der Waals surface area contributed by atoms with E-state index in [0.29, 0.717) is 23.1 Å². The molecule has 0 aliphatic carbocycles. The number of hydrogen-bond acceptors (Lipinski definition) is 4. The Balaban J connectivity index is 1.84. The highest BCUT2D eigenvalue weighted by atomic mass is 35.5. The predicted octanol–water partition coefficient (Wildman–Crippen LogP) is 2.41. The zero-order chi connectivity index (χ0) is 17.6. The van der Waals surface area contributed by atoms with Crippen LogP contribution in [-0.4, -0.2) is 27.1 Å². The Hall–Kier alpha value is -2.09. The van der Waals surface area contributed by atoms with Crippen molar-refractivity contribution in [3.63, 3.8) is 0 Å². The van der Waals surface area contributed by atoms with E-state index < -0.39 is 15.9 Å². The second kappa shape index (κ2) is 8.14. The molecule has 1 amide bonds. The molecule has 2 aromatic rings. The number of nitrogens with one attached hydrogen (secondary N) is 2. The van der Waals surface area contributed by atoms with Crippen LogP contribution >= 0.6 is 11.6 Å². The Morgan fingerprint density at radius 1 is 1.08 bits per heavy atom. The molecule has 0 aliphatic heterocycles. The summed E-state index contributed by atoms with van der Waals surface area (Å²) in [7, 11) is -3.39. The standard InChI is InChI=1S/C16H17ClN2O4S/c1-24(21,22)18-10-16(20)19-14-6-8-15(9-7-14)23-11-12-2-4-13(17)5-3-12/h2-9,18H,10-11H2,1H3,(H,19,20). The third-order valence-electron chi connectivity index (χ3n) is 2.95. The molecule has 8 heteroatoms. The molecule has 0 saturated heterocycles. The average molecular weight is 369 g/mol. The first-order chi connectivity index (χ1) is 11.3. The van der Waals surface area contributed by atoms with Gasteiger partial charge in [0.25, 0.3) is 0 Å². The number of rotatable bonds is 7. The zero-order valence-corrected chi connectivity index (χ0v) is 14.5. The van der Waals surface area contributed by atoms with E-state index in [1.807, 2.05) is 12.1 Å². The maximum Gasteiger partial charge on any atom is 0.239 e. The van der Waals surface area contributed by atoms with Crippen LogP contribution in [0.4, 0.5) is 5.69 Å². The van der Waals surface area contributed by atoms with Crippen molar-refractivity contribution in [3.8, 4) is 5.75 Å². The van der Waals surface area contributed by atoms with Crippen LogP contribution in [0.3, 0.4) is 0 Å². The normalized spacial score (nSPS) is 11.1. The van der Waals surface area contributed by atoms with E-state index in [1.54, 1.807) is 36.4 Å². The molecule has 0 heterocycles. The van der Waals surface area contributed by atoms with Gasteiger partial charge in [-0.1, -0.05) is 23.7 Å². The van der Waals surface area contributed by atoms with Gasteiger partial charge in [-0.05, 0) is 42.0 Å². The van der Waals surface area contributed by atoms with Crippen LogP contribution in [0.5, 0.6) is 5.75 Å². The molecule has 24 heavy (non-hydrogen) atoms. The van der Waals surface area contributed by atoms with Crippen LogP contribution in [0.15, 0.2) is 48.5 Å². The molecule has 0 atom stereocenters. The second-order valence-electron chi connectivity index (χ2n) is 5.08. The molecule has 0 saturated carbocycles. The number of carbonyl (C=O) groups is 1. The minimum absolute atomic E-state index is 0.312. The Morgan fingerprint density at radius 2 is 1.71 bits per heavy atom. The molecule has 2 N–H and O–H groups in total. The van der Waals surface area contributed by atoms with Crippen molar-refractivity contribution in [1.29, 1.82) is 0 Å². The summed E-state index contributed by atoms with van der Waals surface area (Å²) in [5.74, 6) is 0.201.